The first kappa shape index (κ1) is 22.5. The van der Waals surface area contributed by atoms with Gasteiger partial charge in [-0.2, -0.15) is 0 Å². The second kappa shape index (κ2) is 9.16. The first-order valence-electron chi connectivity index (χ1n) is 8.85. The smallest absolute Gasteiger partial charge is 0.264 e. The van der Waals surface area contributed by atoms with Gasteiger partial charge in [0.25, 0.3) is 10.0 Å². The summed E-state index contributed by atoms with van der Waals surface area (Å²) in [5.74, 6) is -0.195. The van der Waals surface area contributed by atoms with Crippen molar-refractivity contribution in [3.63, 3.8) is 0 Å². The first-order chi connectivity index (χ1) is 13.0. The van der Waals surface area contributed by atoms with Crippen molar-refractivity contribution in [1.82, 2.24) is 5.32 Å². The van der Waals surface area contributed by atoms with Crippen LogP contribution in [0.15, 0.2) is 47.4 Å². The lowest BCUT2D eigenvalue weighted by Gasteiger charge is -2.26. The van der Waals surface area contributed by atoms with Gasteiger partial charge in [-0.15, -0.1) is 0 Å². The van der Waals surface area contributed by atoms with E-state index >= 15 is 0 Å². The summed E-state index contributed by atoms with van der Waals surface area (Å²) in [5.41, 5.74) is 1.16. The Balaban J connectivity index is 2.46. The van der Waals surface area contributed by atoms with E-state index in [0.29, 0.717) is 0 Å². The van der Waals surface area contributed by atoms with Gasteiger partial charge in [0.1, 0.15) is 6.54 Å². The molecule has 0 heterocycles. The highest BCUT2D eigenvalue weighted by Gasteiger charge is 2.28. The van der Waals surface area contributed by atoms with E-state index in [2.05, 4.69) is 5.32 Å². The molecule has 0 aliphatic rings. The summed E-state index contributed by atoms with van der Waals surface area (Å²) in [6.07, 6.45) is 0. The number of carbonyl (C=O) groups is 1. The molecule has 0 aliphatic carbocycles. The van der Waals surface area contributed by atoms with Crippen LogP contribution in [0.25, 0.3) is 0 Å². The molecular weight excluding hydrogens is 419 g/mol. The van der Waals surface area contributed by atoms with Gasteiger partial charge in [-0.25, -0.2) is 8.42 Å². The van der Waals surface area contributed by atoms with Gasteiger partial charge in [0.2, 0.25) is 5.91 Å². The van der Waals surface area contributed by atoms with Crippen molar-refractivity contribution in [3.05, 3.63) is 58.1 Å². The van der Waals surface area contributed by atoms with Crippen LogP contribution in [0.2, 0.25) is 10.0 Å². The molecule has 0 saturated heterocycles. The summed E-state index contributed by atoms with van der Waals surface area (Å²) in [7, 11) is -4.00. The molecule has 0 spiro atoms. The molecule has 2 aromatic carbocycles. The maximum absolute atomic E-state index is 13.3. The van der Waals surface area contributed by atoms with E-state index in [4.69, 9.17) is 23.2 Å². The van der Waals surface area contributed by atoms with E-state index in [1.165, 1.54) is 30.3 Å². The summed E-state index contributed by atoms with van der Waals surface area (Å²) in [6, 6.07) is 10.8. The normalized spacial score (nSPS) is 12.7. The SMILES string of the molecule is Cc1ccc(S(=O)(=O)N(CC(=O)NC(C)C(C)C)c2cc(Cl)cc(Cl)c2)cc1. The number of hydrogen-bond donors (Lipinski definition) is 1. The molecule has 0 saturated carbocycles. The van der Waals surface area contributed by atoms with Crippen LogP contribution < -0.4 is 9.62 Å². The molecule has 152 valence electrons. The standard InChI is InChI=1S/C20H24Cl2N2O3S/c1-13(2)15(4)23-20(25)12-24(18-10-16(21)9-17(22)11-18)28(26,27)19-7-5-14(3)6-8-19/h5-11,13,15H,12H2,1-4H3,(H,23,25). The minimum absolute atomic E-state index is 0.0823. The Morgan fingerprint density at radius 3 is 2.07 bits per heavy atom. The average molecular weight is 443 g/mol. The fraction of sp³-hybridized carbons (Fsp3) is 0.350. The van der Waals surface area contributed by atoms with Gasteiger partial charge in [0, 0.05) is 16.1 Å². The minimum Gasteiger partial charge on any atom is -0.352 e. The number of anilines is 1. The molecule has 1 atom stereocenters. The average Bonchev–Trinajstić information content (AvgIpc) is 2.58. The van der Waals surface area contributed by atoms with Crippen LogP contribution in [0.4, 0.5) is 5.69 Å². The molecule has 1 amide bonds. The van der Waals surface area contributed by atoms with Crippen molar-refractivity contribution >= 4 is 44.8 Å². The number of rotatable bonds is 7. The molecule has 5 nitrogen and oxygen atoms in total. The van der Waals surface area contributed by atoms with Crippen molar-refractivity contribution in [2.75, 3.05) is 10.8 Å². The van der Waals surface area contributed by atoms with E-state index < -0.39 is 15.9 Å². The molecule has 0 aliphatic heterocycles. The first-order valence-corrected chi connectivity index (χ1v) is 11.0. The van der Waals surface area contributed by atoms with Gasteiger partial charge < -0.3 is 5.32 Å². The molecule has 2 rings (SSSR count). The van der Waals surface area contributed by atoms with Gasteiger partial charge >= 0.3 is 0 Å². The third kappa shape index (κ3) is 5.63. The van der Waals surface area contributed by atoms with Crippen LogP contribution in [0, 0.1) is 12.8 Å². The lowest BCUT2D eigenvalue weighted by molar-refractivity contribution is -0.120. The summed E-state index contributed by atoms with van der Waals surface area (Å²) >= 11 is 12.1. The van der Waals surface area contributed by atoms with Gasteiger partial charge in [0.05, 0.1) is 10.6 Å². The van der Waals surface area contributed by atoms with Crippen molar-refractivity contribution in [3.8, 4) is 0 Å². The van der Waals surface area contributed by atoms with Crippen molar-refractivity contribution in [2.45, 2.75) is 38.6 Å². The Bertz CT molecular complexity index is 924. The highest BCUT2D eigenvalue weighted by Crippen LogP contribution is 2.29. The second-order valence-corrected chi connectivity index (χ2v) is 9.79. The molecule has 8 heteroatoms. The lowest BCUT2D eigenvalue weighted by Crippen LogP contribution is -2.45. The topological polar surface area (TPSA) is 66.5 Å². The number of sulfonamides is 1. The van der Waals surface area contributed by atoms with Crippen LogP contribution in [-0.4, -0.2) is 26.9 Å². The minimum atomic E-state index is -4.00. The summed E-state index contributed by atoms with van der Waals surface area (Å²) in [5, 5.41) is 3.39. The zero-order chi connectivity index (χ0) is 21.1. The second-order valence-electron chi connectivity index (χ2n) is 7.05. The maximum atomic E-state index is 13.3. The zero-order valence-corrected chi connectivity index (χ0v) is 18.6. The molecule has 0 aromatic heterocycles. The molecule has 0 fully saturated rings. The molecule has 1 N–H and O–H groups in total. The van der Waals surface area contributed by atoms with Crippen LogP contribution in [0.1, 0.15) is 26.3 Å². The van der Waals surface area contributed by atoms with Gasteiger partial charge in [-0.05, 0) is 50.1 Å². The van der Waals surface area contributed by atoms with Gasteiger partial charge in [-0.3, -0.25) is 9.10 Å². The lowest BCUT2D eigenvalue weighted by atomic mass is 10.1. The Morgan fingerprint density at radius 2 is 1.57 bits per heavy atom. The summed E-state index contributed by atoms with van der Waals surface area (Å²) in [6.45, 7) is 7.30. The molecule has 2 aromatic rings. The number of halogens is 2. The quantitative estimate of drug-likeness (QED) is 0.677. The van der Waals surface area contributed by atoms with E-state index in [9.17, 15) is 13.2 Å². The van der Waals surface area contributed by atoms with Crippen LogP contribution in [0.3, 0.4) is 0 Å². The Morgan fingerprint density at radius 1 is 1.04 bits per heavy atom. The van der Waals surface area contributed by atoms with E-state index in [0.717, 1.165) is 9.87 Å². The zero-order valence-electron chi connectivity index (χ0n) is 16.2. The largest absolute Gasteiger partial charge is 0.352 e. The third-order valence-electron chi connectivity index (χ3n) is 4.42. The van der Waals surface area contributed by atoms with Gasteiger partial charge in [0.15, 0.2) is 0 Å². The number of aryl methyl sites for hydroxylation is 1. The van der Waals surface area contributed by atoms with Crippen LogP contribution >= 0.6 is 23.2 Å². The molecule has 0 radical (unpaired) electrons. The molecular formula is C20H24Cl2N2O3S. The van der Waals surface area contributed by atoms with Crippen molar-refractivity contribution in [1.29, 1.82) is 0 Å². The number of nitrogens with one attached hydrogen (secondary N) is 1. The van der Waals surface area contributed by atoms with Crippen LogP contribution in [-0.2, 0) is 14.8 Å². The fourth-order valence-corrected chi connectivity index (χ4v) is 4.35. The Hall–Kier alpha value is -1.76. The number of benzene rings is 2. The van der Waals surface area contributed by atoms with Crippen LogP contribution in [0.5, 0.6) is 0 Å². The van der Waals surface area contributed by atoms with E-state index in [1.807, 2.05) is 27.7 Å². The molecule has 0 bridgehead atoms. The fourth-order valence-electron chi connectivity index (χ4n) is 2.43. The predicted octanol–water partition coefficient (Wildman–Crippen LogP) is 4.66. The highest BCUT2D eigenvalue weighted by molar-refractivity contribution is 7.92. The number of hydrogen-bond acceptors (Lipinski definition) is 3. The van der Waals surface area contributed by atoms with Crippen molar-refractivity contribution < 1.29 is 13.2 Å². The maximum Gasteiger partial charge on any atom is 0.264 e. The molecule has 1 unspecified atom stereocenters. The Labute approximate surface area is 176 Å². The number of nitrogens with zero attached hydrogens (tertiary/aromatic N) is 1. The predicted molar refractivity (Wildman–Crippen MR) is 115 cm³/mol. The Kier molecular flexibility index (Phi) is 7.37. The summed E-state index contributed by atoms with van der Waals surface area (Å²) < 4.78 is 27.6. The monoisotopic (exact) mass is 442 g/mol. The number of carbonyl (C=O) groups excluding carboxylic acids is 1. The summed E-state index contributed by atoms with van der Waals surface area (Å²) in [4.78, 5) is 12.6. The highest BCUT2D eigenvalue weighted by atomic mass is 35.5. The third-order valence-corrected chi connectivity index (χ3v) is 6.64. The van der Waals surface area contributed by atoms with E-state index in [1.54, 1.807) is 12.1 Å². The van der Waals surface area contributed by atoms with Gasteiger partial charge in [-0.1, -0.05) is 54.7 Å². The van der Waals surface area contributed by atoms with E-state index in [-0.39, 0.29) is 39.1 Å². The van der Waals surface area contributed by atoms with Crippen molar-refractivity contribution in [2.24, 2.45) is 5.92 Å². The number of amides is 1. The molecule has 28 heavy (non-hydrogen) atoms.